The van der Waals surface area contributed by atoms with Crippen molar-refractivity contribution in [3.05, 3.63) is 65.7 Å². The number of benzene rings is 2. The molecule has 2 atom stereocenters. The maximum Gasteiger partial charge on any atom is 0.256 e. The second-order valence-corrected chi connectivity index (χ2v) is 7.93. The Kier molecular flexibility index (Phi) is 8.61. The van der Waals surface area contributed by atoms with Crippen molar-refractivity contribution in [3.63, 3.8) is 0 Å². The van der Waals surface area contributed by atoms with Gasteiger partial charge in [-0.2, -0.15) is 4.68 Å². The fourth-order valence-electron chi connectivity index (χ4n) is 3.78. The van der Waals surface area contributed by atoms with Crippen LogP contribution in [0.4, 0.5) is 0 Å². The molecule has 5 heteroatoms. The van der Waals surface area contributed by atoms with E-state index in [0.717, 1.165) is 41.4 Å². The molecular weight excluding hydrogens is 398 g/mol. The number of para-hydroxylation sites is 1. The van der Waals surface area contributed by atoms with Crippen LogP contribution < -0.4 is 0 Å². The second-order valence-electron chi connectivity index (χ2n) is 7.93. The number of rotatable bonds is 10. The van der Waals surface area contributed by atoms with Crippen molar-refractivity contribution in [2.75, 3.05) is 6.61 Å². The molecule has 0 bridgehead atoms. The Morgan fingerprint density at radius 2 is 1.84 bits per heavy atom. The summed E-state index contributed by atoms with van der Waals surface area (Å²) in [6.45, 7) is 6.36. The van der Waals surface area contributed by atoms with E-state index in [-0.39, 0.29) is 0 Å². The van der Waals surface area contributed by atoms with E-state index in [1.54, 1.807) is 4.68 Å². The first kappa shape index (κ1) is 23.7. The second kappa shape index (κ2) is 11.6. The number of hydrogen-bond acceptors (Lipinski definition) is 4. The summed E-state index contributed by atoms with van der Waals surface area (Å²) in [5, 5.41) is 20.3. The quantitative estimate of drug-likeness (QED) is 0.337. The highest BCUT2D eigenvalue weighted by Crippen LogP contribution is 2.31. The van der Waals surface area contributed by atoms with Crippen molar-refractivity contribution < 1.29 is 9.84 Å². The molecule has 2 aromatic carbocycles. The summed E-state index contributed by atoms with van der Waals surface area (Å²) in [6.07, 6.45) is 6.23. The number of aliphatic hydroxyl groups excluding tert-OH is 1. The van der Waals surface area contributed by atoms with E-state index in [2.05, 4.69) is 29.1 Å². The third-order valence-electron chi connectivity index (χ3n) is 5.45. The van der Waals surface area contributed by atoms with Crippen LogP contribution >= 0.6 is 0 Å². The summed E-state index contributed by atoms with van der Waals surface area (Å²) in [5.41, 5.74) is 1.88. The van der Waals surface area contributed by atoms with Gasteiger partial charge in [-0.1, -0.05) is 85.9 Å². The molecule has 32 heavy (non-hydrogen) atoms. The Hall–Kier alpha value is -2.94. The Labute approximate surface area is 191 Å². The van der Waals surface area contributed by atoms with Gasteiger partial charge in [0.25, 0.3) is 5.72 Å². The summed E-state index contributed by atoms with van der Waals surface area (Å²) in [6, 6.07) is 17.6. The Bertz CT molecular complexity index is 1080. The lowest BCUT2D eigenvalue weighted by Crippen LogP contribution is -2.48. The molecule has 3 rings (SSSR count). The summed E-state index contributed by atoms with van der Waals surface area (Å²) >= 11 is 0. The van der Waals surface area contributed by atoms with Crippen molar-refractivity contribution in [2.24, 2.45) is 0 Å². The molecular formula is C27H33N3O2. The van der Waals surface area contributed by atoms with E-state index >= 15 is 0 Å². The van der Waals surface area contributed by atoms with Crippen LogP contribution in [0.3, 0.4) is 0 Å². The molecule has 0 radical (unpaired) electrons. The van der Waals surface area contributed by atoms with Crippen LogP contribution in [-0.4, -0.2) is 32.8 Å². The normalized spacial score (nSPS) is 14.6. The van der Waals surface area contributed by atoms with Crippen molar-refractivity contribution in [1.29, 1.82) is 0 Å². The molecule has 0 unspecified atom stereocenters. The minimum atomic E-state index is -1.37. The first-order chi connectivity index (χ1) is 15.6. The summed E-state index contributed by atoms with van der Waals surface area (Å²) < 4.78 is 7.86. The summed E-state index contributed by atoms with van der Waals surface area (Å²) in [4.78, 5) is 0. The molecule has 1 N–H and O–H groups in total. The number of aliphatic hydroxyl groups is 1. The Balaban J connectivity index is 2.06. The van der Waals surface area contributed by atoms with Gasteiger partial charge in [-0.3, -0.25) is 0 Å². The van der Waals surface area contributed by atoms with E-state index in [1.807, 2.05) is 74.5 Å². The van der Waals surface area contributed by atoms with E-state index in [4.69, 9.17) is 4.74 Å². The van der Waals surface area contributed by atoms with Crippen LogP contribution in [0.25, 0.3) is 17.1 Å². The molecule has 0 aliphatic carbocycles. The van der Waals surface area contributed by atoms with Crippen LogP contribution in [0.15, 0.2) is 60.2 Å². The molecule has 3 aromatic rings. The maximum absolute atomic E-state index is 11.6. The zero-order valence-electron chi connectivity index (χ0n) is 19.3. The lowest BCUT2D eigenvalue weighted by Gasteiger charge is -2.34. The van der Waals surface area contributed by atoms with E-state index < -0.39 is 11.8 Å². The smallest absolute Gasteiger partial charge is 0.256 e. The summed E-state index contributed by atoms with van der Waals surface area (Å²) in [7, 11) is 0. The molecule has 0 amide bonds. The molecule has 5 nitrogen and oxygen atoms in total. The fraction of sp³-hybridized carbons (Fsp3) is 0.407. The van der Waals surface area contributed by atoms with Gasteiger partial charge < -0.3 is 9.84 Å². The zero-order chi connectivity index (χ0) is 22.8. The van der Waals surface area contributed by atoms with Gasteiger partial charge in [-0.25, -0.2) is 0 Å². The minimum Gasteiger partial charge on any atom is -0.382 e. The van der Waals surface area contributed by atoms with Crippen molar-refractivity contribution in [3.8, 4) is 11.8 Å². The highest BCUT2D eigenvalue weighted by molar-refractivity contribution is 5.74. The van der Waals surface area contributed by atoms with Gasteiger partial charge in [0.2, 0.25) is 0 Å². The Morgan fingerprint density at radius 3 is 2.59 bits per heavy atom. The van der Waals surface area contributed by atoms with Crippen molar-refractivity contribution >= 4 is 17.1 Å². The van der Waals surface area contributed by atoms with Gasteiger partial charge >= 0.3 is 0 Å². The molecule has 0 aliphatic heterocycles. The molecule has 1 aromatic heterocycles. The fourth-order valence-corrected chi connectivity index (χ4v) is 3.78. The molecule has 0 aliphatic rings. The predicted octanol–water partition coefficient (Wildman–Crippen LogP) is 5.56. The largest absolute Gasteiger partial charge is 0.382 e. The van der Waals surface area contributed by atoms with E-state index in [1.165, 1.54) is 12.8 Å². The first-order valence-electron chi connectivity index (χ1n) is 11.5. The van der Waals surface area contributed by atoms with Crippen molar-refractivity contribution in [1.82, 2.24) is 15.0 Å². The van der Waals surface area contributed by atoms with Gasteiger partial charge in [-0.15, -0.1) is 5.10 Å². The molecule has 0 saturated heterocycles. The minimum absolute atomic E-state index is 0.369. The molecule has 0 spiro atoms. The lowest BCUT2D eigenvalue weighted by atomic mass is 9.97. The summed E-state index contributed by atoms with van der Waals surface area (Å²) in [5.74, 6) is 6.54. The van der Waals surface area contributed by atoms with Gasteiger partial charge in [-0.05, 0) is 49.5 Å². The monoisotopic (exact) mass is 431 g/mol. The van der Waals surface area contributed by atoms with Gasteiger partial charge in [0.15, 0.2) is 0 Å². The van der Waals surface area contributed by atoms with E-state index in [9.17, 15) is 5.11 Å². The van der Waals surface area contributed by atoms with Crippen LogP contribution in [0.2, 0.25) is 0 Å². The number of ether oxygens (including phenoxy) is 1. The molecule has 1 heterocycles. The highest BCUT2D eigenvalue weighted by atomic mass is 16.5. The average molecular weight is 432 g/mol. The zero-order valence-corrected chi connectivity index (χ0v) is 19.3. The highest BCUT2D eigenvalue weighted by Gasteiger charge is 2.43. The van der Waals surface area contributed by atoms with Gasteiger partial charge in [0, 0.05) is 13.0 Å². The first-order valence-corrected chi connectivity index (χ1v) is 11.5. The van der Waals surface area contributed by atoms with E-state index in [0.29, 0.717) is 6.61 Å². The number of fused-ring (bicyclic) bond motifs is 1. The predicted molar refractivity (Wildman–Crippen MR) is 130 cm³/mol. The van der Waals surface area contributed by atoms with Gasteiger partial charge in [0.05, 0.1) is 5.52 Å². The number of hydrogen-bond donors (Lipinski definition) is 1. The van der Waals surface area contributed by atoms with Crippen LogP contribution in [0.1, 0.15) is 58.4 Å². The Morgan fingerprint density at radius 1 is 1.09 bits per heavy atom. The van der Waals surface area contributed by atoms with Gasteiger partial charge in [0.1, 0.15) is 11.6 Å². The standard InChI is InChI=1S/C27H33N3O2/c1-4-6-7-8-9-15-20-27(32-5-2,30-25-19-14-13-18-24(25)28-29-30)26(31)22(3)21-23-16-11-10-12-17-23/h10-14,16-19,21,26,31H,4-9H2,1-3H3/b22-21+/t26-,27-/m1/s1. The van der Waals surface area contributed by atoms with Crippen molar-refractivity contribution in [2.45, 2.75) is 64.7 Å². The number of unbranched alkanes of at least 4 members (excludes halogenated alkanes) is 4. The van der Waals surface area contributed by atoms with Crippen LogP contribution in [0.5, 0.6) is 0 Å². The third-order valence-corrected chi connectivity index (χ3v) is 5.45. The molecule has 0 saturated carbocycles. The molecule has 168 valence electrons. The molecule has 0 fully saturated rings. The SMILES string of the molecule is CCCCCCC#C[C@@](OCC)([C@H](O)/C(C)=C/c1ccccc1)n1nnc2ccccc21. The lowest BCUT2D eigenvalue weighted by molar-refractivity contribution is -0.125. The number of nitrogens with zero attached hydrogens (tertiary/aromatic N) is 3. The van der Waals surface area contributed by atoms with Crippen LogP contribution in [-0.2, 0) is 10.5 Å². The maximum atomic E-state index is 11.6. The number of aromatic nitrogens is 3. The van der Waals surface area contributed by atoms with Crippen LogP contribution in [0, 0.1) is 11.8 Å². The average Bonchev–Trinajstić information content (AvgIpc) is 3.25. The topological polar surface area (TPSA) is 60.2 Å². The third kappa shape index (κ3) is 5.45.